The minimum atomic E-state index is -1.29. The second kappa shape index (κ2) is 15.6. The highest BCUT2D eigenvalue weighted by atomic mass is 16.4. The van der Waals surface area contributed by atoms with Crippen LogP contribution in [0.5, 0.6) is 0 Å². The van der Waals surface area contributed by atoms with Gasteiger partial charge >= 0.3 is 23.9 Å². The van der Waals surface area contributed by atoms with Crippen molar-refractivity contribution >= 4 is 23.9 Å². The van der Waals surface area contributed by atoms with Crippen LogP contribution in [0.1, 0.15) is 0 Å². The molecule has 1 fully saturated rings. The zero-order valence-electron chi connectivity index (χ0n) is 19.8. The molecule has 0 radical (unpaired) electrons. The fourth-order valence-corrected chi connectivity index (χ4v) is 4.30. The molecule has 0 spiro atoms. The van der Waals surface area contributed by atoms with Crippen LogP contribution in [0.3, 0.4) is 0 Å². The standard InChI is InChI=1S/C20H36N4O12/c25-9-13-1-21(5-17(29)30)14(10-26)2-23(7-19(33)34)16(12-28)4-24(8-20(35)36)15(11-27)3-22(13)6-18(31)32/h13-16,25-28H,1-12H2,(H,29,30)(H,31,32)(H,33,34)(H,35,36)/t13-,14-,15-,16-/m0/s1. The van der Waals surface area contributed by atoms with Crippen LogP contribution in [0.15, 0.2) is 0 Å². The summed E-state index contributed by atoms with van der Waals surface area (Å²) in [5.74, 6) is -5.14. The zero-order valence-corrected chi connectivity index (χ0v) is 19.8. The van der Waals surface area contributed by atoms with Gasteiger partial charge in [-0.05, 0) is 0 Å². The topological polar surface area (TPSA) is 243 Å². The van der Waals surface area contributed by atoms with Crippen molar-refractivity contribution in [2.75, 3.05) is 78.8 Å². The molecule has 0 saturated carbocycles. The lowest BCUT2D eigenvalue weighted by molar-refractivity contribution is -0.145. The number of hydrogen-bond acceptors (Lipinski definition) is 12. The summed E-state index contributed by atoms with van der Waals surface area (Å²) in [5, 5.41) is 77.8. The lowest BCUT2D eigenvalue weighted by atomic mass is 10.1. The summed E-state index contributed by atoms with van der Waals surface area (Å²) >= 11 is 0. The van der Waals surface area contributed by atoms with Crippen LogP contribution in [-0.4, -0.2) is 187 Å². The predicted molar refractivity (Wildman–Crippen MR) is 120 cm³/mol. The van der Waals surface area contributed by atoms with Crippen LogP contribution in [0.2, 0.25) is 0 Å². The van der Waals surface area contributed by atoms with Gasteiger partial charge in [-0.25, -0.2) is 0 Å². The Balaban J connectivity index is 3.62. The molecule has 36 heavy (non-hydrogen) atoms. The van der Waals surface area contributed by atoms with Crippen molar-refractivity contribution in [1.82, 2.24) is 19.6 Å². The Kier molecular flexibility index (Phi) is 13.7. The van der Waals surface area contributed by atoms with Gasteiger partial charge in [-0.2, -0.15) is 0 Å². The summed E-state index contributed by atoms with van der Waals surface area (Å²) in [7, 11) is 0. The van der Waals surface area contributed by atoms with Crippen molar-refractivity contribution in [2.24, 2.45) is 0 Å². The van der Waals surface area contributed by atoms with Crippen molar-refractivity contribution in [3.05, 3.63) is 0 Å². The monoisotopic (exact) mass is 524 g/mol. The van der Waals surface area contributed by atoms with E-state index in [0.717, 1.165) is 0 Å². The van der Waals surface area contributed by atoms with E-state index in [1.54, 1.807) is 0 Å². The average molecular weight is 525 g/mol. The summed E-state index contributed by atoms with van der Waals surface area (Å²) in [6, 6.07) is -3.96. The number of carboxylic acids is 4. The molecule has 0 bridgehead atoms. The molecule has 8 N–H and O–H groups in total. The number of aliphatic carboxylic acids is 4. The zero-order chi connectivity index (χ0) is 27.4. The van der Waals surface area contributed by atoms with Crippen LogP contribution >= 0.6 is 0 Å². The normalized spacial score (nSPS) is 26.1. The molecule has 0 aromatic heterocycles. The molecular formula is C20H36N4O12. The van der Waals surface area contributed by atoms with Gasteiger partial charge in [-0.15, -0.1) is 0 Å². The van der Waals surface area contributed by atoms with Gasteiger partial charge in [0.25, 0.3) is 0 Å². The molecule has 0 aliphatic carbocycles. The Morgan fingerprint density at radius 3 is 0.722 bits per heavy atom. The largest absolute Gasteiger partial charge is 0.480 e. The van der Waals surface area contributed by atoms with E-state index in [1.807, 2.05) is 0 Å². The molecule has 0 aromatic carbocycles. The lowest BCUT2D eigenvalue weighted by Gasteiger charge is -2.44. The summed E-state index contributed by atoms with van der Waals surface area (Å²) in [5.41, 5.74) is 0. The molecule has 208 valence electrons. The SMILES string of the molecule is O=C(O)CN1C[C@@H](CO)N(CC(=O)O)C[C@@H](CO)N(CC(=O)O)C[C@@H](CO)N(CC(=O)O)C[C@H]1CO. The van der Waals surface area contributed by atoms with Crippen LogP contribution in [-0.2, 0) is 19.2 Å². The van der Waals surface area contributed by atoms with Crippen LogP contribution in [0, 0.1) is 0 Å². The van der Waals surface area contributed by atoms with Crippen molar-refractivity contribution < 1.29 is 60.0 Å². The Labute approximate surface area is 207 Å². The molecule has 16 heteroatoms. The molecule has 16 nitrogen and oxygen atoms in total. The second-order valence-corrected chi connectivity index (χ2v) is 8.64. The maximum absolute atomic E-state index is 11.5. The third-order valence-electron chi connectivity index (χ3n) is 6.04. The lowest BCUT2D eigenvalue weighted by Crippen LogP contribution is -2.62. The maximum atomic E-state index is 11.5. The van der Waals surface area contributed by atoms with Gasteiger partial charge in [0.15, 0.2) is 0 Å². The Hall–Kier alpha value is -2.44. The van der Waals surface area contributed by atoms with Crippen LogP contribution in [0.25, 0.3) is 0 Å². The van der Waals surface area contributed by atoms with Crippen LogP contribution < -0.4 is 0 Å². The van der Waals surface area contributed by atoms with Crippen molar-refractivity contribution in [3.63, 3.8) is 0 Å². The molecule has 1 saturated heterocycles. The van der Waals surface area contributed by atoms with Crippen molar-refractivity contribution in [1.29, 1.82) is 0 Å². The van der Waals surface area contributed by atoms with Gasteiger partial charge in [0, 0.05) is 50.3 Å². The molecule has 1 aliphatic heterocycles. The molecule has 0 unspecified atom stereocenters. The smallest absolute Gasteiger partial charge is 0.317 e. The molecule has 1 heterocycles. The van der Waals surface area contributed by atoms with Gasteiger partial charge < -0.3 is 40.9 Å². The molecule has 1 aliphatic rings. The van der Waals surface area contributed by atoms with E-state index in [-0.39, 0.29) is 26.2 Å². The Bertz CT molecular complexity index is 621. The van der Waals surface area contributed by atoms with E-state index in [9.17, 15) is 60.0 Å². The van der Waals surface area contributed by atoms with E-state index in [2.05, 4.69) is 0 Å². The first-order valence-corrected chi connectivity index (χ1v) is 11.2. The molecule has 1 rings (SSSR count). The molecule has 0 aromatic rings. The van der Waals surface area contributed by atoms with Gasteiger partial charge in [0.05, 0.1) is 52.6 Å². The quantitative estimate of drug-likeness (QED) is 0.119. The third kappa shape index (κ3) is 10.3. The molecular weight excluding hydrogens is 488 g/mol. The van der Waals surface area contributed by atoms with E-state index in [0.29, 0.717) is 0 Å². The van der Waals surface area contributed by atoms with Crippen molar-refractivity contribution in [2.45, 2.75) is 24.2 Å². The van der Waals surface area contributed by atoms with Gasteiger partial charge in [-0.3, -0.25) is 38.8 Å². The summed E-state index contributed by atoms with van der Waals surface area (Å²) in [6.07, 6.45) is 0. The highest BCUT2D eigenvalue weighted by Crippen LogP contribution is 2.16. The minimum absolute atomic E-state index is 0.247. The first-order valence-electron chi connectivity index (χ1n) is 11.2. The van der Waals surface area contributed by atoms with Gasteiger partial charge in [0.1, 0.15) is 0 Å². The number of carboxylic acid groups (broad SMARTS) is 4. The predicted octanol–water partition coefficient (Wildman–Crippen LogP) is -5.01. The van der Waals surface area contributed by atoms with E-state index >= 15 is 0 Å². The number of aliphatic hydroxyl groups excluding tert-OH is 4. The average Bonchev–Trinajstić information content (AvgIpc) is 2.78. The van der Waals surface area contributed by atoms with Gasteiger partial charge in [0.2, 0.25) is 0 Å². The molecule has 0 amide bonds. The maximum Gasteiger partial charge on any atom is 0.317 e. The first kappa shape index (κ1) is 31.6. The van der Waals surface area contributed by atoms with E-state index in [1.165, 1.54) is 19.6 Å². The summed E-state index contributed by atoms with van der Waals surface area (Å²) in [6.45, 7) is -5.99. The summed E-state index contributed by atoms with van der Waals surface area (Å²) < 4.78 is 0. The summed E-state index contributed by atoms with van der Waals surface area (Å²) in [4.78, 5) is 51.3. The number of aliphatic hydroxyl groups is 4. The highest BCUT2D eigenvalue weighted by Gasteiger charge is 2.36. The number of hydrogen-bond donors (Lipinski definition) is 8. The Morgan fingerprint density at radius 2 is 0.611 bits per heavy atom. The fourth-order valence-electron chi connectivity index (χ4n) is 4.30. The number of carbonyl (C=O) groups is 4. The van der Waals surface area contributed by atoms with Crippen molar-refractivity contribution in [3.8, 4) is 0 Å². The van der Waals surface area contributed by atoms with Crippen LogP contribution in [0.4, 0.5) is 0 Å². The van der Waals surface area contributed by atoms with E-state index < -0.39 is 101 Å². The third-order valence-corrected chi connectivity index (χ3v) is 6.04. The Morgan fingerprint density at radius 1 is 0.444 bits per heavy atom. The molecule has 4 atom stereocenters. The second-order valence-electron chi connectivity index (χ2n) is 8.64. The number of rotatable bonds is 12. The first-order chi connectivity index (χ1) is 16.9. The van der Waals surface area contributed by atoms with Gasteiger partial charge in [-0.1, -0.05) is 0 Å². The number of nitrogens with zero attached hydrogens (tertiary/aromatic N) is 4. The fraction of sp³-hybridized carbons (Fsp3) is 0.800. The van der Waals surface area contributed by atoms with E-state index in [4.69, 9.17) is 0 Å². The highest BCUT2D eigenvalue weighted by molar-refractivity contribution is 5.70. The minimum Gasteiger partial charge on any atom is -0.480 e.